The summed E-state index contributed by atoms with van der Waals surface area (Å²) in [5.41, 5.74) is 2.82. The first kappa shape index (κ1) is 13.4. The van der Waals surface area contributed by atoms with E-state index in [1.807, 2.05) is 0 Å². The molecule has 2 rings (SSSR count). The predicted molar refractivity (Wildman–Crippen MR) is 79.4 cm³/mol. The first-order valence-electron chi connectivity index (χ1n) is 7.21. The van der Waals surface area contributed by atoms with Crippen LogP contribution in [0.2, 0.25) is 0 Å². The van der Waals surface area contributed by atoms with E-state index < -0.39 is 0 Å². The number of nitrogens with one attached hydrogen (secondary N) is 1. The van der Waals surface area contributed by atoms with Gasteiger partial charge in [0, 0.05) is 30.9 Å². The Morgan fingerprint density at radius 1 is 1.39 bits per heavy atom. The second kappa shape index (κ2) is 5.75. The Balaban J connectivity index is 2.20. The van der Waals surface area contributed by atoms with Crippen LogP contribution in [0.5, 0.6) is 0 Å². The average Bonchev–Trinajstić information content (AvgIpc) is 2.39. The van der Waals surface area contributed by atoms with Crippen LogP contribution in [0.3, 0.4) is 0 Å². The lowest BCUT2D eigenvalue weighted by molar-refractivity contribution is 0.397. The molecule has 100 valence electrons. The Morgan fingerprint density at radius 2 is 2.17 bits per heavy atom. The maximum Gasteiger partial charge on any atom is 0.0387 e. The van der Waals surface area contributed by atoms with Crippen molar-refractivity contribution in [2.75, 3.05) is 18.0 Å². The summed E-state index contributed by atoms with van der Waals surface area (Å²) >= 11 is 0. The fraction of sp³-hybridized carbons (Fsp3) is 0.625. The number of hydrogen-bond acceptors (Lipinski definition) is 2. The highest BCUT2D eigenvalue weighted by atomic mass is 15.2. The normalized spacial score (nSPS) is 24.6. The molecule has 1 saturated heterocycles. The van der Waals surface area contributed by atoms with Crippen molar-refractivity contribution in [1.82, 2.24) is 5.32 Å². The zero-order valence-electron chi connectivity index (χ0n) is 12.1. The van der Waals surface area contributed by atoms with Crippen LogP contribution in [0.25, 0.3) is 0 Å². The molecule has 0 radical (unpaired) electrons. The van der Waals surface area contributed by atoms with E-state index >= 15 is 0 Å². The molecule has 0 saturated carbocycles. The second-order valence-corrected chi connectivity index (χ2v) is 5.76. The Morgan fingerprint density at radius 3 is 2.83 bits per heavy atom. The molecule has 1 aliphatic rings. The van der Waals surface area contributed by atoms with Crippen LogP contribution < -0.4 is 10.2 Å². The molecule has 1 N–H and O–H groups in total. The van der Waals surface area contributed by atoms with Gasteiger partial charge in [0.25, 0.3) is 0 Å². The summed E-state index contributed by atoms with van der Waals surface area (Å²) < 4.78 is 0. The number of anilines is 1. The third-order valence-electron chi connectivity index (χ3n) is 4.01. The minimum absolute atomic E-state index is 0.579. The Bertz CT molecular complexity index is 386. The fourth-order valence-corrected chi connectivity index (χ4v) is 2.63. The van der Waals surface area contributed by atoms with Crippen LogP contribution in [0.1, 0.15) is 45.6 Å². The summed E-state index contributed by atoms with van der Waals surface area (Å²) in [7, 11) is 0. The molecule has 2 heteroatoms. The lowest BCUT2D eigenvalue weighted by Crippen LogP contribution is -2.55. The Kier molecular flexibility index (Phi) is 4.28. The van der Waals surface area contributed by atoms with Crippen LogP contribution in [0.15, 0.2) is 24.3 Å². The topological polar surface area (TPSA) is 15.3 Å². The lowest BCUT2D eigenvalue weighted by Gasteiger charge is -2.40. The van der Waals surface area contributed by atoms with Crippen molar-refractivity contribution >= 4 is 5.69 Å². The number of rotatable bonds is 3. The maximum atomic E-state index is 3.61. The predicted octanol–water partition coefficient (Wildman–Crippen LogP) is 3.39. The Hall–Kier alpha value is -1.02. The molecular formula is C16H26N2. The fourth-order valence-electron chi connectivity index (χ4n) is 2.63. The molecule has 0 amide bonds. The van der Waals surface area contributed by atoms with Crippen molar-refractivity contribution in [3.05, 3.63) is 29.8 Å². The van der Waals surface area contributed by atoms with E-state index in [9.17, 15) is 0 Å². The molecule has 0 spiro atoms. The molecule has 0 aromatic heterocycles. The molecule has 2 atom stereocenters. The summed E-state index contributed by atoms with van der Waals surface area (Å²) in [6.45, 7) is 11.3. The second-order valence-electron chi connectivity index (χ2n) is 5.76. The van der Waals surface area contributed by atoms with Crippen molar-refractivity contribution in [3.8, 4) is 0 Å². The molecule has 1 aromatic carbocycles. The SMILES string of the molecule is CCC1CN(c2cccc(C(C)C)c2)C(C)CN1. The van der Waals surface area contributed by atoms with Crippen molar-refractivity contribution in [3.63, 3.8) is 0 Å². The highest BCUT2D eigenvalue weighted by Gasteiger charge is 2.24. The molecule has 2 unspecified atom stereocenters. The smallest absolute Gasteiger partial charge is 0.0387 e. The van der Waals surface area contributed by atoms with Crippen molar-refractivity contribution in [1.29, 1.82) is 0 Å². The highest BCUT2D eigenvalue weighted by molar-refractivity contribution is 5.50. The monoisotopic (exact) mass is 246 g/mol. The van der Waals surface area contributed by atoms with Gasteiger partial charge in [-0.3, -0.25) is 0 Å². The zero-order chi connectivity index (χ0) is 13.1. The van der Waals surface area contributed by atoms with E-state index in [4.69, 9.17) is 0 Å². The van der Waals surface area contributed by atoms with Gasteiger partial charge in [0.15, 0.2) is 0 Å². The quantitative estimate of drug-likeness (QED) is 0.879. The van der Waals surface area contributed by atoms with Gasteiger partial charge in [-0.25, -0.2) is 0 Å². The number of nitrogens with zero attached hydrogens (tertiary/aromatic N) is 1. The molecule has 1 fully saturated rings. The average molecular weight is 246 g/mol. The summed E-state index contributed by atoms with van der Waals surface area (Å²) in [5, 5.41) is 3.61. The van der Waals surface area contributed by atoms with E-state index in [0.29, 0.717) is 18.0 Å². The van der Waals surface area contributed by atoms with E-state index in [1.165, 1.54) is 17.7 Å². The molecule has 1 aromatic rings. The van der Waals surface area contributed by atoms with Crippen molar-refractivity contribution < 1.29 is 0 Å². The Labute approximate surface area is 111 Å². The van der Waals surface area contributed by atoms with Gasteiger partial charge in [0.05, 0.1) is 0 Å². The van der Waals surface area contributed by atoms with Crippen LogP contribution >= 0.6 is 0 Å². The van der Waals surface area contributed by atoms with Crippen LogP contribution in [-0.4, -0.2) is 25.2 Å². The zero-order valence-corrected chi connectivity index (χ0v) is 12.1. The number of benzene rings is 1. The summed E-state index contributed by atoms with van der Waals surface area (Å²) in [4.78, 5) is 2.55. The lowest BCUT2D eigenvalue weighted by atomic mass is 10.0. The van der Waals surface area contributed by atoms with Gasteiger partial charge < -0.3 is 10.2 Å². The standard InChI is InChI=1S/C16H26N2/c1-5-15-11-18(13(4)10-17-15)16-8-6-7-14(9-16)12(2)3/h6-9,12-13,15,17H,5,10-11H2,1-4H3. The summed E-state index contributed by atoms with van der Waals surface area (Å²) in [5.74, 6) is 0.602. The van der Waals surface area contributed by atoms with Crippen LogP contribution in [-0.2, 0) is 0 Å². The van der Waals surface area contributed by atoms with Gasteiger partial charge >= 0.3 is 0 Å². The van der Waals surface area contributed by atoms with Gasteiger partial charge in [0.1, 0.15) is 0 Å². The molecule has 1 heterocycles. The van der Waals surface area contributed by atoms with Gasteiger partial charge in [0.2, 0.25) is 0 Å². The highest BCUT2D eigenvalue weighted by Crippen LogP contribution is 2.24. The minimum atomic E-state index is 0.579. The number of piperazine rings is 1. The first-order chi connectivity index (χ1) is 8.61. The van der Waals surface area contributed by atoms with E-state index in [-0.39, 0.29) is 0 Å². The summed E-state index contributed by atoms with van der Waals surface area (Å²) in [6.07, 6.45) is 1.20. The molecule has 1 aliphatic heterocycles. The molecule has 0 bridgehead atoms. The van der Waals surface area contributed by atoms with E-state index in [1.54, 1.807) is 0 Å². The van der Waals surface area contributed by atoms with Gasteiger partial charge in [-0.05, 0) is 37.0 Å². The van der Waals surface area contributed by atoms with Gasteiger partial charge in [-0.1, -0.05) is 32.9 Å². The minimum Gasteiger partial charge on any atom is -0.366 e. The van der Waals surface area contributed by atoms with Crippen molar-refractivity contribution in [2.24, 2.45) is 0 Å². The van der Waals surface area contributed by atoms with Crippen LogP contribution in [0.4, 0.5) is 5.69 Å². The molecule has 18 heavy (non-hydrogen) atoms. The molecule has 0 aliphatic carbocycles. The van der Waals surface area contributed by atoms with E-state index in [0.717, 1.165) is 13.1 Å². The third kappa shape index (κ3) is 2.86. The van der Waals surface area contributed by atoms with Crippen LogP contribution in [0, 0.1) is 0 Å². The molecule has 2 nitrogen and oxygen atoms in total. The first-order valence-corrected chi connectivity index (χ1v) is 7.21. The van der Waals surface area contributed by atoms with Gasteiger partial charge in [-0.2, -0.15) is 0 Å². The number of hydrogen-bond donors (Lipinski definition) is 1. The molecular weight excluding hydrogens is 220 g/mol. The summed E-state index contributed by atoms with van der Waals surface area (Å²) in [6, 6.07) is 10.2. The largest absolute Gasteiger partial charge is 0.366 e. The van der Waals surface area contributed by atoms with Crippen molar-refractivity contribution in [2.45, 2.75) is 52.1 Å². The van der Waals surface area contributed by atoms with Gasteiger partial charge in [-0.15, -0.1) is 0 Å². The third-order valence-corrected chi connectivity index (χ3v) is 4.01. The maximum absolute atomic E-state index is 3.61. The van der Waals surface area contributed by atoms with E-state index in [2.05, 4.69) is 62.2 Å².